The Bertz CT molecular complexity index is 568. The monoisotopic (exact) mass is 275 g/mol. The summed E-state index contributed by atoms with van der Waals surface area (Å²) in [4.78, 5) is 18.4. The van der Waals surface area contributed by atoms with Crippen molar-refractivity contribution in [2.24, 2.45) is 11.7 Å². The fourth-order valence-corrected chi connectivity index (χ4v) is 3.18. The number of carbonyl (C=O) groups is 1. The molecule has 1 fully saturated rings. The minimum Gasteiger partial charge on any atom is -0.388 e. The van der Waals surface area contributed by atoms with E-state index < -0.39 is 11.5 Å². The summed E-state index contributed by atoms with van der Waals surface area (Å²) >= 11 is 0. The molecular formula is C15H21N3O2. The standard InChI is InChI=1S/C15H21N3O2/c1-9-7-18(8-15(9,2)20)14-11(13(16)19)6-10-4-3-5-12(10)17-14/h6,9,20H,3-5,7-8H2,1-2H3,(H2,16,19)/t9-,15+/m1/s1. The van der Waals surface area contributed by atoms with Crippen molar-refractivity contribution in [3.05, 3.63) is 22.9 Å². The van der Waals surface area contributed by atoms with E-state index in [1.165, 1.54) is 0 Å². The van der Waals surface area contributed by atoms with Crippen LogP contribution in [0.5, 0.6) is 0 Å². The van der Waals surface area contributed by atoms with Gasteiger partial charge in [0.2, 0.25) is 0 Å². The van der Waals surface area contributed by atoms with Crippen LogP contribution in [0.2, 0.25) is 0 Å². The highest BCUT2D eigenvalue weighted by atomic mass is 16.3. The predicted octanol–water partition coefficient (Wildman–Crippen LogP) is 0.876. The Morgan fingerprint density at radius 3 is 2.90 bits per heavy atom. The first-order chi connectivity index (χ1) is 9.38. The van der Waals surface area contributed by atoms with Gasteiger partial charge in [-0.25, -0.2) is 4.98 Å². The number of amides is 1. The number of anilines is 1. The molecular weight excluding hydrogens is 254 g/mol. The first-order valence-corrected chi connectivity index (χ1v) is 7.18. The number of hydrogen-bond acceptors (Lipinski definition) is 4. The lowest BCUT2D eigenvalue weighted by Gasteiger charge is -2.22. The second-order valence-corrected chi connectivity index (χ2v) is 6.32. The number of nitrogens with two attached hydrogens (primary N) is 1. The number of fused-ring (bicyclic) bond motifs is 1. The second-order valence-electron chi connectivity index (χ2n) is 6.32. The molecule has 2 heterocycles. The van der Waals surface area contributed by atoms with Gasteiger partial charge in [0.15, 0.2) is 0 Å². The molecule has 1 aliphatic heterocycles. The van der Waals surface area contributed by atoms with Crippen LogP contribution >= 0.6 is 0 Å². The highest BCUT2D eigenvalue weighted by Gasteiger charge is 2.40. The van der Waals surface area contributed by atoms with Crippen LogP contribution in [-0.4, -0.2) is 34.7 Å². The zero-order valence-electron chi connectivity index (χ0n) is 12.0. The normalized spacial score (nSPS) is 28.8. The van der Waals surface area contributed by atoms with Crippen LogP contribution in [0.25, 0.3) is 0 Å². The number of hydrogen-bond donors (Lipinski definition) is 2. The minimum absolute atomic E-state index is 0.137. The van der Waals surface area contributed by atoms with E-state index >= 15 is 0 Å². The summed E-state index contributed by atoms with van der Waals surface area (Å²) < 4.78 is 0. The highest BCUT2D eigenvalue weighted by molar-refractivity contribution is 5.98. The lowest BCUT2D eigenvalue weighted by atomic mass is 9.95. The maximum absolute atomic E-state index is 11.7. The minimum atomic E-state index is -0.754. The molecule has 5 nitrogen and oxygen atoms in total. The molecule has 1 aromatic heterocycles. The molecule has 0 radical (unpaired) electrons. The first kappa shape index (κ1) is 13.4. The van der Waals surface area contributed by atoms with Gasteiger partial charge >= 0.3 is 0 Å². The fraction of sp³-hybridized carbons (Fsp3) is 0.600. The van der Waals surface area contributed by atoms with E-state index in [1.807, 2.05) is 24.8 Å². The summed E-state index contributed by atoms with van der Waals surface area (Å²) in [5, 5.41) is 10.3. The number of primary amides is 1. The van der Waals surface area contributed by atoms with E-state index in [2.05, 4.69) is 4.98 Å². The van der Waals surface area contributed by atoms with E-state index in [0.29, 0.717) is 24.5 Å². The zero-order chi connectivity index (χ0) is 14.5. The Hall–Kier alpha value is -1.62. The van der Waals surface area contributed by atoms with Crippen molar-refractivity contribution < 1.29 is 9.90 Å². The Kier molecular flexibility index (Phi) is 2.97. The van der Waals surface area contributed by atoms with Crippen molar-refractivity contribution in [2.75, 3.05) is 18.0 Å². The van der Waals surface area contributed by atoms with Crippen molar-refractivity contribution in [3.63, 3.8) is 0 Å². The third-order valence-electron chi connectivity index (χ3n) is 4.66. The van der Waals surface area contributed by atoms with Gasteiger partial charge in [-0.05, 0) is 37.8 Å². The summed E-state index contributed by atoms with van der Waals surface area (Å²) in [6, 6.07) is 1.89. The zero-order valence-corrected chi connectivity index (χ0v) is 12.0. The molecule has 3 N–H and O–H groups in total. The van der Waals surface area contributed by atoms with Crippen molar-refractivity contribution in [2.45, 2.75) is 38.7 Å². The number of carbonyl (C=O) groups excluding carboxylic acids is 1. The van der Waals surface area contributed by atoms with Crippen LogP contribution in [0.3, 0.4) is 0 Å². The number of β-amino-alcohol motifs (C(OH)–C–C–N with tert-alkyl or cyclic N) is 1. The van der Waals surface area contributed by atoms with Crippen molar-refractivity contribution in [1.82, 2.24) is 4.98 Å². The molecule has 1 aliphatic carbocycles. The van der Waals surface area contributed by atoms with Gasteiger partial charge in [-0.15, -0.1) is 0 Å². The number of rotatable bonds is 2. The second kappa shape index (κ2) is 4.45. The van der Waals surface area contributed by atoms with E-state index in [-0.39, 0.29) is 5.92 Å². The average Bonchev–Trinajstić information content (AvgIpc) is 2.92. The topological polar surface area (TPSA) is 79.5 Å². The molecule has 0 saturated carbocycles. The van der Waals surface area contributed by atoms with Crippen LogP contribution in [0.4, 0.5) is 5.82 Å². The first-order valence-electron chi connectivity index (χ1n) is 7.18. The Labute approximate surface area is 118 Å². The van der Waals surface area contributed by atoms with Gasteiger partial charge in [-0.1, -0.05) is 6.92 Å². The number of pyridine rings is 1. The molecule has 108 valence electrons. The van der Waals surface area contributed by atoms with E-state index in [9.17, 15) is 9.90 Å². The van der Waals surface area contributed by atoms with E-state index in [0.717, 1.165) is 30.5 Å². The molecule has 0 spiro atoms. The summed E-state index contributed by atoms with van der Waals surface area (Å²) in [6.07, 6.45) is 3.01. The molecule has 1 saturated heterocycles. The lowest BCUT2D eigenvalue weighted by Crippen LogP contribution is -2.34. The highest BCUT2D eigenvalue weighted by Crippen LogP contribution is 2.34. The molecule has 0 unspecified atom stereocenters. The third-order valence-corrected chi connectivity index (χ3v) is 4.66. The third kappa shape index (κ3) is 2.06. The quantitative estimate of drug-likeness (QED) is 0.839. The summed E-state index contributed by atoms with van der Waals surface area (Å²) in [5.41, 5.74) is 7.45. The lowest BCUT2D eigenvalue weighted by molar-refractivity contribution is 0.0443. The summed E-state index contributed by atoms with van der Waals surface area (Å²) in [5.74, 6) is 0.336. The number of aliphatic hydroxyl groups is 1. The number of nitrogens with zero attached hydrogens (tertiary/aromatic N) is 2. The van der Waals surface area contributed by atoms with Crippen molar-refractivity contribution in [3.8, 4) is 0 Å². The molecule has 0 bridgehead atoms. The van der Waals surface area contributed by atoms with Gasteiger partial charge in [0.1, 0.15) is 5.82 Å². The molecule has 0 aromatic carbocycles. The Balaban J connectivity index is 2.03. The fourth-order valence-electron chi connectivity index (χ4n) is 3.18. The molecule has 1 aromatic rings. The van der Waals surface area contributed by atoms with Crippen LogP contribution in [-0.2, 0) is 12.8 Å². The van der Waals surface area contributed by atoms with Crippen LogP contribution in [0.15, 0.2) is 6.07 Å². The molecule has 20 heavy (non-hydrogen) atoms. The number of aryl methyl sites for hydroxylation is 2. The predicted molar refractivity (Wildman–Crippen MR) is 76.8 cm³/mol. The van der Waals surface area contributed by atoms with Gasteiger partial charge in [0, 0.05) is 24.7 Å². The average molecular weight is 275 g/mol. The van der Waals surface area contributed by atoms with Gasteiger partial charge in [0.05, 0.1) is 11.2 Å². The van der Waals surface area contributed by atoms with Gasteiger partial charge in [-0.2, -0.15) is 0 Å². The number of aromatic nitrogens is 1. The Morgan fingerprint density at radius 1 is 1.55 bits per heavy atom. The van der Waals surface area contributed by atoms with Gasteiger partial charge in [0.25, 0.3) is 5.91 Å². The summed E-state index contributed by atoms with van der Waals surface area (Å²) in [7, 11) is 0. The SMILES string of the molecule is C[C@@H]1CN(c2nc3c(cc2C(N)=O)CCC3)C[C@]1(C)O. The maximum Gasteiger partial charge on any atom is 0.252 e. The van der Waals surface area contributed by atoms with Crippen molar-refractivity contribution >= 4 is 11.7 Å². The van der Waals surface area contributed by atoms with Crippen LogP contribution in [0.1, 0.15) is 41.9 Å². The van der Waals surface area contributed by atoms with Gasteiger partial charge in [-0.3, -0.25) is 4.79 Å². The van der Waals surface area contributed by atoms with Crippen molar-refractivity contribution in [1.29, 1.82) is 0 Å². The van der Waals surface area contributed by atoms with Crippen LogP contribution in [0, 0.1) is 5.92 Å². The van der Waals surface area contributed by atoms with Crippen LogP contribution < -0.4 is 10.6 Å². The molecule has 3 rings (SSSR count). The molecule has 2 aliphatic rings. The maximum atomic E-state index is 11.7. The smallest absolute Gasteiger partial charge is 0.252 e. The summed E-state index contributed by atoms with van der Waals surface area (Å²) in [6.45, 7) is 5.02. The molecule has 1 amide bonds. The van der Waals surface area contributed by atoms with E-state index in [4.69, 9.17) is 5.73 Å². The molecule has 5 heteroatoms. The molecule has 2 atom stereocenters. The van der Waals surface area contributed by atoms with E-state index in [1.54, 1.807) is 0 Å². The largest absolute Gasteiger partial charge is 0.388 e. The van der Waals surface area contributed by atoms with Gasteiger partial charge < -0.3 is 15.7 Å². The Morgan fingerprint density at radius 2 is 2.30 bits per heavy atom.